The van der Waals surface area contributed by atoms with Crippen molar-refractivity contribution in [3.8, 4) is 5.75 Å². The molecule has 0 amide bonds. The van der Waals surface area contributed by atoms with E-state index in [4.69, 9.17) is 9.47 Å². The molecule has 1 rings (SSSR count). The average molecular weight is 269 g/mol. The quantitative estimate of drug-likeness (QED) is 0.698. The molecule has 1 aromatic rings. The molecular formula is C14H23NO2S. The molecule has 102 valence electrons. The molecule has 1 aromatic carbocycles. The van der Waals surface area contributed by atoms with Gasteiger partial charge in [0, 0.05) is 30.2 Å². The van der Waals surface area contributed by atoms with Gasteiger partial charge < -0.3 is 14.8 Å². The lowest BCUT2D eigenvalue weighted by atomic mass is 10.1. The molecule has 0 aromatic heterocycles. The van der Waals surface area contributed by atoms with Gasteiger partial charge in [-0.25, -0.2) is 0 Å². The van der Waals surface area contributed by atoms with Crippen LogP contribution in [0, 0.1) is 0 Å². The van der Waals surface area contributed by atoms with Crippen LogP contribution in [0.4, 0.5) is 0 Å². The van der Waals surface area contributed by atoms with Crippen molar-refractivity contribution in [3.05, 3.63) is 29.8 Å². The molecule has 0 aliphatic carbocycles. The number of thioether (sulfide) groups is 1. The van der Waals surface area contributed by atoms with Crippen LogP contribution >= 0.6 is 11.8 Å². The van der Waals surface area contributed by atoms with Gasteiger partial charge >= 0.3 is 0 Å². The van der Waals surface area contributed by atoms with Gasteiger partial charge in [-0.2, -0.15) is 11.8 Å². The second-order valence-corrected chi connectivity index (χ2v) is 5.03. The Bertz CT molecular complexity index is 333. The summed E-state index contributed by atoms with van der Waals surface area (Å²) in [6, 6.07) is 8.54. The van der Waals surface area contributed by atoms with Crippen molar-refractivity contribution in [1.29, 1.82) is 0 Å². The van der Waals surface area contributed by atoms with E-state index in [1.54, 1.807) is 7.11 Å². The van der Waals surface area contributed by atoms with E-state index in [1.807, 2.05) is 37.9 Å². The predicted molar refractivity (Wildman–Crippen MR) is 78.6 cm³/mol. The van der Waals surface area contributed by atoms with Crippen LogP contribution in [-0.2, 0) is 4.74 Å². The van der Waals surface area contributed by atoms with Gasteiger partial charge in [0.15, 0.2) is 0 Å². The smallest absolute Gasteiger partial charge is 0.124 e. The fourth-order valence-corrected chi connectivity index (χ4v) is 2.76. The topological polar surface area (TPSA) is 30.5 Å². The minimum absolute atomic E-state index is 0.314. The second kappa shape index (κ2) is 9.25. The molecule has 0 bridgehead atoms. The standard InChI is InChI=1S/C14H23NO2S/c1-4-17-14-8-6-5-7-12(14)13(15-2)11-18-10-9-16-3/h5-8,13,15H,4,9-11H2,1-3H3. The van der Waals surface area contributed by atoms with E-state index in [9.17, 15) is 0 Å². The van der Waals surface area contributed by atoms with Crippen molar-refractivity contribution in [3.63, 3.8) is 0 Å². The molecule has 3 nitrogen and oxygen atoms in total. The van der Waals surface area contributed by atoms with Crippen LogP contribution in [0.15, 0.2) is 24.3 Å². The van der Waals surface area contributed by atoms with Crippen molar-refractivity contribution in [2.75, 3.05) is 38.9 Å². The van der Waals surface area contributed by atoms with Crippen LogP contribution in [-0.4, -0.2) is 38.9 Å². The lowest BCUT2D eigenvalue weighted by Crippen LogP contribution is -2.20. The fraction of sp³-hybridized carbons (Fsp3) is 0.571. The third kappa shape index (κ3) is 4.88. The summed E-state index contributed by atoms with van der Waals surface area (Å²) in [6.07, 6.45) is 0. The largest absolute Gasteiger partial charge is 0.494 e. The summed E-state index contributed by atoms with van der Waals surface area (Å²) < 4.78 is 10.7. The van der Waals surface area contributed by atoms with Gasteiger partial charge in [-0.1, -0.05) is 18.2 Å². The Balaban J connectivity index is 2.62. The number of methoxy groups -OCH3 is 1. The highest BCUT2D eigenvalue weighted by Crippen LogP contribution is 2.27. The van der Waals surface area contributed by atoms with E-state index in [0.29, 0.717) is 12.6 Å². The number of para-hydroxylation sites is 1. The third-order valence-corrected chi connectivity index (χ3v) is 3.68. The highest BCUT2D eigenvalue weighted by Gasteiger charge is 2.13. The van der Waals surface area contributed by atoms with E-state index >= 15 is 0 Å². The number of hydrogen-bond donors (Lipinski definition) is 1. The molecule has 18 heavy (non-hydrogen) atoms. The number of hydrogen-bond acceptors (Lipinski definition) is 4. The third-order valence-electron chi connectivity index (χ3n) is 2.66. The summed E-state index contributed by atoms with van der Waals surface area (Å²) in [7, 11) is 3.73. The van der Waals surface area contributed by atoms with Crippen LogP contribution in [0.25, 0.3) is 0 Å². The molecule has 0 saturated heterocycles. The second-order valence-electron chi connectivity index (χ2n) is 3.88. The van der Waals surface area contributed by atoms with Crippen LogP contribution in [0.5, 0.6) is 5.75 Å². The van der Waals surface area contributed by atoms with Gasteiger partial charge in [-0.15, -0.1) is 0 Å². The molecule has 0 saturated carbocycles. The average Bonchev–Trinajstić information content (AvgIpc) is 2.41. The minimum atomic E-state index is 0.314. The highest BCUT2D eigenvalue weighted by atomic mass is 32.2. The molecule has 0 spiro atoms. The summed E-state index contributed by atoms with van der Waals surface area (Å²) in [5.41, 5.74) is 1.23. The van der Waals surface area contributed by atoms with E-state index in [2.05, 4.69) is 17.4 Å². The summed E-state index contributed by atoms with van der Waals surface area (Å²) >= 11 is 1.89. The Labute approximate surface area is 114 Å². The van der Waals surface area contributed by atoms with Gasteiger partial charge in [0.2, 0.25) is 0 Å². The van der Waals surface area contributed by atoms with Gasteiger partial charge in [0.25, 0.3) is 0 Å². The molecule has 0 fully saturated rings. The van der Waals surface area contributed by atoms with Crippen LogP contribution in [0.2, 0.25) is 0 Å². The van der Waals surface area contributed by atoms with Crippen LogP contribution < -0.4 is 10.1 Å². The number of rotatable bonds is 9. The molecule has 0 aliphatic rings. The molecule has 0 aliphatic heterocycles. The first-order valence-electron chi connectivity index (χ1n) is 6.29. The van der Waals surface area contributed by atoms with Crippen molar-refractivity contribution in [2.45, 2.75) is 13.0 Å². The number of benzene rings is 1. The van der Waals surface area contributed by atoms with Crippen molar-refractivity contribution >= 4 is 11.8 Å². The summed E-state index contributed by atoms with van der Waals surface area (Å²) in [4.78, 5) is 0. The monoisotopic (exact) mass is 269 g/mol. The molecule has 4 heteroatoms. The predicted octanol–water partition coefficient (Wildman–Crippen LogP) is 2.73. The Morgan fingerprint density at radius 1 is 1.33 bits per heavy atom. The Hall–Kier alpha value is -0.710. The molecule has 1 N–H and O–H groups in total. The Kier molecular flexibility index (Phi) is 7.89. The summed E-state index contributed by atoms with van der Waals surface area (Å²) in [5.74, 6) is 3.02. The molecular weight excluding hydrogens is 246 g/mol. The van der Waals surface area contributed by atoms with Gasteiger partial charge in [-0.3, -0.25) is 0 Å². The van der Waals surface area contributed by atoms with E-state index < -0.39 is 0 Å². The van der Waals surface area contributed by atoms with Gasteiger partial charge in [0.1, 0.15) is 5.75 Å². The van der Waals surface area contributed by atoms with Crippen molar-refractivity contribution < 1.29 is 9.47 Å². The minimum Gasteiger partial charge on any atom is -0.494 e. The normalized spacial score (nSPS) is 12.4. The first-order valence-corrected chi connectivity index (χ1v) is 7.44. The first-order chi connectivity index (χ1) is 8.83. The summed E-state index contributed by atoms with van der Waals surface area (Å²) in [6.45, 7) is 3.51. The molecule has 0 heterocycles. The maximum Gasteiger partial charge on any atom is 0.124 e. The SMILES string of the molecule is CCOc1ccccc1C(CSCCOC)NC. The maximum atomic E-state index is 5.67. The molecule has 1 unspecified atom stereocenters. The van der Waals surface area contributed by atoms with Crippen molar-refractivity contribution in [1.82, 2.24) is 5.32 Å². The number of nitrogens with one attached hydrogen (secondary N) is 1. The first kappa shape index (κ1) is 15.3. The molecule has 1 atom stereocenters. The Morgan fingerprint density at radius 2 is 2.11 bits per heavy atom. The Morgan fingerprint density at radius 3 is 2.78 bits per heavy atom. The van der Waals surface area contributed by atoms with Gasteiger partial charge in [0.05, 0.1) is 13.2 Å². The lowest BCUT2D eigenvalue weighted by molar-refractivity contribution is 0.218. The van der Waals surface area contributed by atoms with Gasteiger partial charge in [-0.05, 0) is 20.0 Å². The molecule has 0 radical (unpaired) electrons. The van der Waals surface area contributed by atoms with E-state index in [0.717, 1.165) is 23.9 Å². The summed E-state index contributed by atoms with van der Waals surface area (Å²) in [5, 5.41) is 3.35. The van der Waals surface area contributed by atoms with Crippen LogP contribution in [0.1, 0.15) is 18.5 Å². The zero-order chi connectivity index (χ0) is 13.2. The van der Waals surface area contributed by atoms with Crippen LogP contribution in [0.3, 0.4) is 0 Å². The van der Waals surface area contributed by atoms with E-state index in [-0.39, 0.29) is 0 Å². The highest BCUT2D eigenvalue weighted by molar-refractivity contribution is 7.99. The van der Waals surface area contributed by atoms with Crippen molar-refractivity contribution in [2.24, 2.45) is 0 Å². The zero-order valence-corrected chi connectivity index (χ0v) is 12.3. The lowest BCUT2D eigenvalue weighted by Gasteiger charge is -2.19. The van der Waals surface area contributed by atoms with E-state index in [1.165, 1.54) is 5.56 Å². The fourth-order valence-electron chi connectivity index (χ4n) is 1.73. The zero-order valence-electron chi connectivity index (χ0n) is 11.4. The number of ether oxygens (including phenoxy) is 2. The maximum absolute atomic E-state index is 5.67.